The van der Waals surface area contributed by atoms with E-state index >= 15 is 0 Å². The Morgan fingerprint density at radius 1 is 1.32 bits per heavy atom. The number of halogens is 2. The second kappa shape index (κ2) is 6.51. The predicted octanol–water partition coefficient (Wildman–Crippen LogP) is 4.94. The molecule has 0 radical (unpaired) electrons. The number of nitrogens with one attached hydrogen (secondary N) is 1. The minimum atomic E-state index is -0.330. The van der Waals surface area contributed by atoms with Crippen molar-refractivity contribution in [3.05, 3.63) is 56.5 Å². The molecular formula is C15H17ClFNS. The van der Waals surface area contributed by atoms with Crippen LogP contribution in [-0.2, 0) is 0 Å². The van der Waals surface area contributed by atoms with Crippen molar-refractivity contribution >= 4 is 22.9 Å². The molecule has 1 aromatic carbocycles. The molecule has 102 valence electrons. The fourth-order valence-corrected chi connectivity index (χ4v) is 3.04. The molecule has 1 aromatic heterocycles. The van der Waals surface area contributed by atoms with Crippen LogP contribution in [0.15, 0.2) is 29.6 Å². The summed E-state index contributed by atoms with van der Waals surface area (Å²) >= 11 is 7.57. The van der Waals surface area contributed by atoms with E-state index in [1.165, 1.54) is 4.88 Å². The Morgan fingerprint density at radius 2 is 2.11 bits per heavy atom. The summed E-state index contributed by atoms with van der Waals surface area (Å²) < 4.78 is 14.2. The van der Waals surface area contributed by atoms with E-state index in [9.17, 15) is 4.39 Å². The van der Waals surface area contributed by atoms with Crippen molar-refractivity contribution < 1.29 is 4.39 Å². The topological polar surface area (TPSA) is 12.0 Å². The average molecular weight is 298 g/mol. The Bertz CT molecular complexity index is 553. The van der Waals surface area contributed by atoms with Crippen molar-refractivity contribution in [2.75, 3.05) is 6.54 Å². The highest BCUT2D eigenvalue weighted by molar-refractivity contribution is 7.10. The van der Waals surface area contributed by atoms with Gasteiger partial charge in [0.2, 0.25) is 0 Å². The van der Waals surface area contributed by atoms with Gasteiger partial charge in [-0.15, -0.1) is 11.3 Å². The molecule has 0 aliphatic heterocycles. The Morgan fingerprint density at radius 3 is 2.74 bits per heavy atom. The summed E-state index contributed by atoms with van der Waals surface area (Å²) in [6.45, 7) is 4.99. The average Bonchev–Trinajstić information content (AvgIpc) is 2.81. The number of aryl methyl sites for hydroxylation is 1. The zero-order valence-electron chi connectivity index (χ0n) is 11.0. The molecule has 1 atom stereocenters. The van der Waals surface area contributed by atoms with Gasteiger partial charge in [0.05, 0.1) is 11.1 Å². The number of benzene rings is 1. The van der Waals surface area contributed by atoms with E-state index in [-0.39, 0.29) is 16.9 Å². The zero-order chi connectivity index (χ0) is 13.8. The van der Waals surface area contributed by atoms with E-state index in [0.29, 0.717) is 5.56 Å². The minimum Gasteiger partial charge on any atom is -0.306 e. The Kier molecular flexibility index (Phi) is 4.97. The van der Waals surface area contributed by atoms with Crippen LogP contribution in [0.5, 0.6) is 0 Å². The molecule has 2 rings (SSSR count). The summed E-state index contributed by atoms with van der Waals surface area (Å²) in [5.41, 5.74) is 1.74. The predicted molar refractivity (Wildman–Crippen MR) is 80.6 cm³/mol. The number of hydrogen-bond acceptors (Lipinski definition) is 2. The maximum atomic E-state index is 14.2. The third-order valence-electron chi connectivity index (χ3n) is 3.10. The second-order valence-electron chi connectivity index (χ2n) is 4.46. The Balaban J connectivity index is 2.43. The van der Waals surface area contributed by atoms with Crippen LogP contribution in [-0.4, -0.2) is 6.54 Å². The van der Waals surface area contributed by atoms with Crippen LogP contribution in [0.1, 0.15) is 35.4 Å². The standard InChI is InChI=1S/C15H17ClFNS/c1-3-8-18-15(11-7-9-19-10(11)2)12-5-4-6-13(16)14(12)17/h4-7,9,15,18H,3,8H2,1-2H3. The SMILES string of the molecule is CCCNC(c1ccsc1C)c1cccc(Cl)c1F. The largest absolute Gasteiger partial charge is 0.306 e. The van der Waals surface area contributed by atoms with Crippen LogP contribution in [0.2, 0.25) is 5.02 Å². The molecule has 1 N–H and O–H groups in total. The van der Waals surface area contributed by atoms with Crippen molar-refractivity contribution in [1.29, 1.82) is 0 Å². The molecule has 0 amide bonds. The van der Waals surface area contributed by atoms with Crippen molar-refractivity contribution in [2.45, 2.75) is 26.3 Å². The van der Waals surface area contributed by atoms with E-state index < -0.39 is 0 Å². The van der Waals surface area contributed by atoms with Crippen LogP contribution in [0.3, 0.4) is 0 Å². The highest BCUT2D eigenvalue weighted by atomic mass is 35.5. The smallest absolute Gasteiger partial charge is 0.146 e. The van der Waals surface area contributed by atoms with E-state index in [1.807, 2.05) is 11.4 Å². The first-order valence-corrected chi connectivity index (χ1v) is 7.62. The molecule has 0 aliphatic rings. The quantitative estimate of drug-likeness (QED) is 0.824. The van der Waals surface area contributed by atoms with Crippen LogP contribution in [0.4, 0.5) is 4.39 Å². The molecule has 0 aliphatic carbocycles. The lowest BCUT2D eigenvalue weighted by Gasteiger charge is -2.20. The first kappa shape index (κ1) is 14.5. The first-order valence-electron chi connectivity index (χ1n) is 6.36. The fraction of sp³-hybridized carbons (Fsp3) is 0.333. The van der Waals surface area contributed by atoms with Gasteiger partial charge in [0, 0.05) is 10.4 Å². The molecule has 0 saturated carbocycles. The van der Waals surface area contributed by atoms with Crippen molar-refractivity contribution in [3.8, 4) is 0 Å². The number of thiophene rings is 1. The van der Waals surface area contributed by atoms with Crippen LogP contribution >= 0.6 is 22.9 Å². The molecular weight excluding hydrogens is 281 g/mol. The molecule has 0 bridgehead atoms. The Labute approximate surface area is 122 Å². The lowest BCUT2D eigenvalue weighted by molar-refractivity contribution is 0.547. The van der Waals surface area contributed by atoms with E-state index in [1.54, 1.807) is 29.5 Å². The summed E-state index contributed by atoms with van der Waals surface area (Å²) in [4.78, 5) is 1.20. The maximum Gasteiger partial charge on any atom is 0.146 e. The van der Waals surface area contributed by atoms with Crippen LogP contribution in [0.25, 0.3) is 0 Å². The summed E-state index contributed by atoms with van der Waals surface area (Å²) in [6, 6.07) is 7.09. The third kappa shape index (κ3) is 3.16. The molecule has 0 spiro atoms. The van der Waals surface area contributed by atoms with Gasteiger partial charge in [-0.25, -0.2) is 4.39 Å². The van der Waals surface area contributed by atoms with Gasteiger partial charge in [-0.05, 0) is 43.0 Å². The molecule has 19 heavy (non-hydrogen) atoms. The summed E-state index contributed by atoms with van der Waals surface area (Å²) in [5.74, 6) is -0.330. The van der Waals surface area contributed by atoms with Crippen LogP contribution < -0.4 is 5.32 Å². The Hall–Kier alpha value is -0.900. The van der Waals surface area contributed by atoms with Crippen molar-refractivity contribution in [3.63, 3.8) is 0 Å². The number of rotatable bonds is 5. The van der Waals surface area contributed by atoms with Crippen molar-refractivity contribution in [2.24, 2.45) is 0 Å². The van der Waals surface area contributed by atoms with Gasteiger partial charge in [-0.3, -0.25) is 0 Å². The fourth-order valence-electron chi connectivity index (χ4n) is 2.11. The lowest BCUT2D eigenvalue weighted by atomic mass is 9.98. The highest BCUT2D eigenvalue weighted by Gasteiger charge is 2.20. The number of hydrogen-bond donors (Lipinski definition) is 1. The molecule has 2 aromatic rings. The van der Waals surface area contributed by atoms with Crippen LogP contribution in [0, 0.1) is 12.7 Å². The molecule has 1 nitrogen and oxygen atoms in total. The third-order valence-corrected chi connectivity index (χ3v) is 4.25. The van der Waals surface area contributed by atoms with Gasteiger partial charge in [0.1, 0.15) is 5.82 Å². The molecule has 0 saturated heterocycles. The summed E-state index contributed by atoms with van der Waals surface area (Å²) in [7, 11) is 0. The summed E-state index contributed by atoms with van der Waals surface area (Å²) in [5, 5.41) is 5.62. The lowest BCUT2D eigenvalue weighted by Crippen LogP contribution is -2.24. The normalized spacial score (nSPS) is 12.6. The zero-order valence-corrected chi connectivity index (χ0v) is 12.6. The van der Waals surface area contributed by atoms with Gasteiger partial charge in [0.15, 0.2) is 0 Å². The van der Waals surface area contributed by atoms with Gasteiger partial charge >= 0.3 is 0 Å². The minimum absolute atomic E-state index is 0.134. The van der Waals surface area contributed by atoms with E-state index in [2.05, 4.69) is 19.2 Å². The molecule has 1 unspecified atom stereocenters. The van der Waals surface area contributed by atoms with Gasteiger partial charge < -0.3 is 5.32 Å². The second-order valence-corrected chi connectivity index (χ2v) is 5.99. The summed E-state index contributed by atoms with van der Waals surface area (Å²) in [6.07, 6.45) is 1.00. The van der Waals surface area contributed by atoms with E-state index in [4.69, 9.17) is 11.6 Å². The van der Waals surface area contributed by atoms with Gasteiger partial charge in [0.25, 0.3) is 0 Å². The highest BCUT2D eigenvalue weighted by Crippen LogP contribution is 2.31. The first-order chi connectivity index (χ1) is 9.15. The monoisotopic (exact) mass is 297 g/mol. The van der Waals surface area contributed by atoms with Crippen molar-refractivity contribution in [1.82, 2.24) is 5.32 Å². The van der Waals surface area contributed by atoms with Gasteiger partial charge in [-0.2, -0.15) is 0 Å². The maximum absolute atomic E-state index is 14.2. The molecule has 1 heterocycles. The molecule has 0 fully saturated rings. The van der Waals surface area contributed by atoms with Gasteiger partial charge in [-0.1, -0.05) is 30.7 Å². The molecule has 4 heteroatoms. The van der Waals surface area contributed by atoms with E-state index in [0.717, 1.165) is 18.5 Å².